The Morgan fingerprint density at radius 3 is 2.78 bits per heavy atom. The number of aliphatic hydroxyl groups excluding tert-OH is 1. The zero-order chi connectivity index (χ0) is 16.2. The minimum Gasteiger partial charge on any atom is -0.489 e. The highest BCUT2D eigenvalue weighted by molar-refractivity contribution is 6.32. The summed E-state index contributed by atoms with van der Waals surface area (Å²) in [5.41, 5.74) is 2.75. The van der Waals surface area contributed by atoms with Crippen molar-refractivity contribution >= 4 is 11.6 Å². The number of fused-ring (bicyclic) bond motifs is 1. The number of rotatable bonds is 5. The van der Waals surface area contributed by atoms with Crippen LogP contribution in [0.25, 0.3) is 0 Å². The lowest BCUT2D eigenvalue weighted by molar-refractivity contribution is -0.918. The number of nitrogens with one attached hydrogen (secondary N) is 1. The van der Waals surface area contributed by atoms with E-state index in [0.717, 1.165) is 19.5 Å². The molecule has 122 valence electrons. The van der Waals surface area contributed by atoms with Gasteiger partial charge < -0.3 is 14.7 Å². The highest BCUT2D eigenvalue weighted by Gasteiger charge is 2.22. The van der Waals surface area contributed by atoms with E-state index in [1.54, 1.807) is 0 Å². The molecule has 0 aliphatic carbocycles. The molecule has 0 spiro atoms. The number of benzene rings is 2. The van der Waals surface area contributed by atoms with Crippen molar-refractivity contribution in [1.82, 2.24) is 0 Å². The molecule has 0 saturated heterocycles. The number of halogens is 2. The van der Waals surface area contributed by atoms with Crippen molar-refractivity contribution in [2.75, 3.05) is 19.7 Å². The quantitative estimate of drug-likeness (QED) is 0.874. The van der Waals surface area contributed by atoms with Crippen molar-refractivity contribution in [1.29, 1.82) is 0 Å². The molecule has 23 heavy (non-hydrogen) atoms. The van der Waals surface area contributed by atoms with Crippen molar-refractivity contribution in [3.63, 3.8) is 0 Å². The molecule has 0 radical (unpaired) electrons. The Labute approximate surface area is 140 Å². The standard InChI is InChI=1S/C18H19ClFNO2/c19-17-9-15(20)5-6-18(17)23-12-16(22)11-21-8-7-13-3-1-2-4-14(13)10-21/h1-6,9,16,22H,7-8,10-12H2/p+1/t16-/m1/s1. The summed E-state index contributed by atoms with van der Waals surface area (Å²) in [6, 6.07) is 12.4. The van der Waals surface area contributed by atoms with Crippen LogP contribution in [0.5, 0.6) is 5.75 Å². The van der Waals surface area contributed by atoms with E-state index in [4.69, 9.17) is 16.3 Å². The summed E-state index contributed by atoms with van der Waals surface area (Å²) >= 11 is 5.91. The lowest BCUT2D eigenvalue weighted by Crippen LogP contribution is -3.13. The van der Waals surface area contributed by atoms with Crippen LogP contribution < -0.4 is 9.64 Å². The average Bonchev–Trinajstić information content (AvgIpc) is 2.54. The van der Waals surface area contributed by atoms with Crippen LogP contribution in [0, 0.1) is 5.82 Å². The van der Waals surface area contributed by atoms with Crippen LogP contribution in [0.4, 0.5) is 4.39 Å². The van der Waals surface area contributed by atoms with Crippen molar-refractivity contribution < 1.29 is 19.1 Å². The van der Waals surface area contributed by atoms with Crippen molar-refractivity contribution in [2.45, 2.75) is 19.1 Å². The second-order valence-corrected chi connectivity index (χ2v) is 6.35. The topological polar surface area (TPSA) is 33.9 Å². The van der Waals surface area contributed by atoms with Crippen LogP contribution in [0.1, 0.15) is 11.1 Å². The smallest absolute Gasteiger partial charge is 0.138 e. The Morgan fingerprint density at radius 2 is 2.00 bits per heavy atom. The van der Waals surface area contributed by atoms with E-state index < -0.39 is 11.9 Å². The average molecular weight is 337 g/mol. The predicted molar refractivity (Wildman–Crippen MR) is 87.5 cm³/mol. The normalized spacial score (nSPS) is 18.3. The van der Waals surface area contributed by atoms with Crippen LogP contribution in [0.2, 0.25) is 5.02 Å². The van der Waals surface area contributed by atoms with Crippen LogP contribution in [0.15, 0.2) is 42.5 Å². The monoisotopic (exact) mass is 336 g/mol. The Kier molecular flexibility index (Phi) is 5.16. The Balaban J connectivity index is 1.51. The summed E-state index contributed by atoms with van der Waals surface area (Å²) in [4.78, 5) is 1.34. The van der Waals surface area contributed by atoms with E-state index in [9.17, 15) is 9.50 Å². The third-order valence-corrected chi connectivity index (χ3v) is 4.45. The van der Waals surface area contributed by atoms with Gasteiger partial charge in [-0.05, 0) is 23.8 Å². The number of ether oxygens (including phenoxy) is 1. The third kappa shape index (κ3) is 4.22. The molecule has 2 aromatic carbocycles. The van der Waals surface area contributed by atoms with Gasteiger partial charge in [-0.15, -0.1) is 0 Å². The summed E-state index contributed by atoms with van der Waals surface area (Å²) < 4.78 is 18.5. The third-order valence-electron chi connectivity index (χ3n) is 4.16. The largest absolute Gasteiger partial charge is 0.489 e. The molecule has 0 aromatic heterocycles. The summed E-state index contributed by atoms with van der Waals surface area (Å²) in [5.74, 6) is -0.00886. The number of hydrogen-bond acceptors (Lipinski definition) is 2. The van der Waals surface area contributed by atoms with Gasteiger partial charge in [0.25, 0.3) is 0 Å². The molecule has 2 aromatic rings. The van der Waals surface area contributed by atoms with E-state index in [0.29, 0.717) is 12.3 Å². The van der Waals surface area contributed by atoms with E-state index in [-0.39, 0.29) is 11.6 Å². The maximum Gasteiger partial charge on any atom is 0.138 e. The molecule has 3 nitrogen and oxygen atoms in total. The van der Waals surface area contributed by atoms with Gasteiger partial charge in [0.05, 0.1) is 11.6 Å². The second kappa shape index (κ2) is 7.30. The predicted octanol–water partition coefficient (Wildman–Crippen LogP) is 1.86. The molecule has 3 rings (SSSR count). The molecule has 2 N–H and O–H groups in total. The van der Waals surface area contributed by atoms with Gasteiger partial charge in [0, 0.05) is 12.0 Å². The first kappa shape index (κ1) is 16.2. The second-order valence-electron chi connectivity index (χ2n) is 5.94. The van der Waals surface area contributed by atoms with E-state index in [1.165, 1.54) is 34.2 Å². The summed E-state index contributed by atoms with van der Waals surface area (Å²) in [6.45, 7) is 2.69. The first-order valence-electron chi connectivity index (χ1n) is 7.78. The zero-order valence-electron chi connectivity index (χ0n) is 12.8. The molecular weight excluding hydrogens is 317 g/mol. The molecule has 1 unspecified atom stereocenters. The zero-order valence-corrected chi connectivity index (χ0v) is 13.5. The maximum absolute atomic E-state index is 13.0. The molecule has 0 saturated carbocycles. The molecule has 1 aliphatic rings. The Bertz CT molecular complexity index is 680. The van der Waals surface area contributed by atoms with Gasteiger partial charge >= 0.3 is 0 Å². The number of hydrogen-bond donors (Lipinski definition) is 2. The van der Waals surface area contributed by atoms with Gasteiger partial charge in [-0.3, -0.25) is 0 Å². The summed E-state index contributed by atoms with van der Waals surface area (Å²) in [7, 11) is 0. The van der Waals surface area contributed by atoms with Gasteiger partial charge in [0.1, 0.15) is 37.4 Å². The molecule has 2 atom stereocenters. The minimum absolute atomic E-state index is 0.149. The SMILES string of the molecule is O[C@@H](COc1ccc(F)cc1Cl)C[NH+]1CCc2ccccc2C1. The van der Waals surface area contributed by atoms with Gasteiger partial charge in [-0.25, -0.2) is 4.39 Å². The fraction of sp³-hybridized carbons (Fsp3) is 0.333. The van der Waals surface area contributed by atoms with Crippen LogP contribution in [-0.4, -0.2) is 30.9 Å². The lowest BCUT2D eigenvalue weighted by atomic mass is 10.00. The molecular formula is C18H20ClFNO2+. The first-order valence-corrected chi connectivity index (χ1v) is 8.16. The molecule has 0 fully saturated rings. The maximum atomic E-state index is 13.0. The van der Waals surface area contributed by atoms with Crippen LogP contribution in [0.3, 0.4) is 0 Å². The van der Waals surface area contributed by atoms with E-state index in [1.807, 2.05) is 0 Å². The van der Waals surface area contributed by atoms with Gasteiger partial charge in [-0.2, -0.15) is 0 Å². The van der Waals surface area contributed by atoms with E-state index in [2.05, 4.69) is 24.3 Å². The van der Waals surface area contributed by atoms with Crippen molar-refractivity contribution in [2.24, 2.45) is 0 Å². The van der Waals surface area contributed by atoms with E-state index >= 15 is 0 Å². The Hall–Kier alpha value is -1.62. The molecule has 1 aliphatic heterocycles. The first-order chi connectivity index (χ1) is 11.1. The highest BCUT2D eigenvalue weighted by atomic mass is 35.5. The fourth-order valence-electron chi connectivity index (χ4n) is 2.99. The Morgan fingerprint density at radius 1 is 1.22 bits per heavy atom. The van der Waals surface area contributed by atoms with Crippen molar-refractivity contribution in [3.8, 4) is 5.75 Å². The minimum atomic E-state index is -0.587. The molecule has 1 heterocycles. The number of aliphatic hydroxyl groups is 1. The van der Waals surface area contributed by atoms with Gasteiger partial charge in [-0.1, -0.05) is 35.9 Å². The highest BCUT2D eigenvalue weighted by Crippen LogP contribution is 2.24. The van der Waals surface area contributed by atoms with Gasteiger partial charge in [0.15, 0.2) is 0 Å². The van der Waals surface area contributed by atoms with Crippen molar-refractivity contribution in [3.05, 3.63) is 64.4 Å². The molecule has 0 amide bonds. The number of quaternary nitrogens is 1. The summed E-state index contributed by atoms with van der Waals surface area (Å²) in [6.07, 6.45) is 0.444. The van der Waals surface area contributed by atoms with Crippen LogP contribution in [-0.2, 0) is 13.0 Å². The molecule has 0 bridgehead atoms. The fourth-order valence-corrected chi connectivity index (χ4v) is 3.21. The lowest BCUT2D eigenvalue weighted by Gasteiger charge is -2.27. The van der Waals surface area contributed by atoms with Crippen LogP contribution >= 0.6 is 11.6 Å². The van der Waals surface area contributed by atoms with Gasteiger partial charge in [0.2, 0.25) is 0 Å². The summed E-state index contributed by atoms with van der Waals surface area (Å²) in [5, 5.41) is 10.4. The molecule has 5 heteroatoms.